The maximum atomic E-state index is 9.90. The van der Waals surface area contributed by atoms with Gasteiger partial charge in [0, 0.05) is 13.6 Å². The van der Waals surface area contributed by atoms with Gasteiger partial charge in [-0.2, -0.15) is 0 Å². The summed E-state index contributed by atoms with van der Waals surface area (Å²) in [6.07, 6.45) is -0.267. The Kier molecular flexibility index (Phi) is 2.99. The minimum atomic E-state index is -1.10. The van der Waals surface area contributed by atoms with E-state index in [4.69, 9.17) is 0 Å². The van der Waals surface area contributed by atoms with Gasteiger partial charge in [-0.05, 0) is 6.42 Å². The normalized spacial score (nSPS) is 8.75. The van der Waals surface area contributed by atoms with Gasteiger partial charge in [0.05, 0.1) is 0 Å². The quantitative estimate of drug-likeness (QED) is 0.527. The van der Waals surface area contributed by atoms with Crippen LogP contribution in [0.1, 0.15) is 13.3 Å². The van der Waals surface area contributed by atoms with Crippen molar-refractivity contribution in [3.05, 3.63) is 0 Å². The highest BCUT2D eigenvalue weighted by molar-refractivity contribution is 5.63. The van der Waals surface area contributed by atoms with Crippen LogP contribution >= 0.6 is 0 Å². The van der Waals surface area contributed by atoms with Crippen molar-refractivity contribution >= 4 is 6.09 Å². The molecule has 1 amide bonds. The number of carbonyl (C=O) groups is 1. The zero-order valence-corrected chi connectivity index (χ0v) is 5.18. The molecular weight excluding hydrogens is 106 g/mol. The first-order valence-electron chi connectivity index (χ1n) is 2.60. The fourth-order valence-corrected chi connectivity index (χ4v) is 0.427. The van der Waals surface area contributed by atoms with E-state index >= 15 is 0 Å². The highest BCUT2D eigenvalue weighted by Crippen LogP contribution is 1.85. The highest BCUT2D eigenvalue weighted by atomic mass is 16.4. The molecule has 0 bridgehead atoms. The van der Waals surface area contributed by atoms with E-state index in [0.717, 1.165) is 11.3 Å². The van der Waals surface area contributed by atoms with Crippen LogP contribution in [0.4, 0.5) is 4.79 Å². The fraction of sp³-hybridized carbons (Fsp3) is 0.800. The van der Waals surface area contributed by atoms with Gasteiger partial charge in [-0.3, -0.25) is 0 Å². The second-order valence-corrected chi connectivity index (χ2v) is 1.69. The molecule has 0 aromatic rings. The lowest BCUT2D eigenvalue weighted by Gasteiger charge is -2.07. The van der Waals surface area contributed by atoms with Gasteiger partial charge in [-0.1, -0.05) is 6.92 Å². The summed E-state index contributed by atoms with van der Waals surface area (Å²) in [6, 6.07) is 0. The summed E-state index contributed by atoms with van der Waals surface area (Å²) >= 11 is 0. The van der Waals surface area contributed by atoms with Crippen molar-refractivity contribution in [2.24, 2.45) is 0 Å². The van der Waals surface area contributed by atoms with Crippen LogP contribution in [0.2, 0.25) is 0 Å². The second-order valence-electron chi connectivity index (χ2n) is 1.69. The molecule has 0 aliphatic rings. The fourth-order valence-electron chi connectivity index (χ4n) is 0.427. The van der Waals surface area contributed by atoms with Gasteiger partial charge in [-0.15, -0.1) is 0 Å². The van der Waals surface area contributed by atoms with Gasteiger partial charge in [0.2, 0.25) is 0 Å². The molecule has 0 saturated heterocycles. The molecule has 0 unspecified atom stereocenters. The first-order chi connectivity index (χ1) is 3.68. The molecule has 0 spiro atoms. The number of hydrogen-bond acceptors (Lipinski definition) is 1. The molecule has 3 nitrogen and oxygen atoms in total. The standard InChI is InChI=1S/C5H10NO2/c1-3-4-6(2)5(7)8/h3-4H2,1-2H3. The molecule has 0 aromatic heterocycles. The minimum Gasteiger partial charge on any atom is -0.308 e. The Morgan fingerprint density at radius 2 is 2.12 bits per heavy atom. The number of rotatable bonds is 2. The Morgan fingerprint density at radius 1 is 1.62 bits per heavy atom. The molecule has 3 heteroatoms. The molecule has 0 saturated carbocycles. The van der Waals surface area contributed by atoms with E-state index in [1.807, 2.05) is 6.92 Å². The number of carbonyl (C=O) groups excluding carboxylic acids is 1. The zero-order chi connectivity index (χ0) is 6.57. The Balaban J connectivity index is 3.32. The van der Waals surface area contributed by atoms with Crippen LogP contribution in [0.3, 0.4) is 0 Å². The van der Waals surface area contributed by atoms with E-state index in [2.05, 4.69) is 0 Å². The van der Waals surface area contributed by atoms with E-state index in [1.165, 1.54) is 7.05 Å². The lowest BCUT2D eigenvalue weighted by molar-refractivity contribution is 0.130. The molecule has 1 radical (unpaired) electrons. The number of hydrogen-bond donors (Lipinski definition) is 0. The first-order valence-corrected chi connectivity index (χ1v) is 2.60. The molecule has 0 heterocycles. The zero-order valence-electron chi connectivity index (χ0n) is 5.18. The lowest BCUT2D eigenvalue weighted by Crippen LogP contribution is -2.23. The molecule has 0 aliphatic heterocycles. The predicted octanol–water partition coefficient (Wildman–Crippen LogP) is 0.879. The molecule has 0 N–H and O–H groups in total. The average molecular weight is 116 g/mol. The SMILES string of the molecule is CCCN(C)C([O])=O. The Bertz CT molecular complexity index is 82.5. The third-order valence-electron chi connectivity index (χ3n) is 0.871. The van der Waals surface area contributed by atoms with Crippen molar-refractivity contribution in [1.29, 1.82) is 0 Å². The van der Waals surface area contributed by atoms with Crippen LogP contribution in [-0.4, -0.2) is 24.6 Å². The predicted molar refractivity (Wildman–Crippen MR) is 29.0 cm³/mol. The highest BCUT2D eigenvalue weighted by Gasteiger charge is 2.03. The molecule has 0 rings (SSSR count). The van der Waals surface area contributed by atoms with Crippen molar-refractivity contribution in [3.8, 4) is 0 Å². The monoisotopic (exact) mass is 116 g/mol. The summed E-state index contributed by atoms with van der Waals surface area (Å²) in [5.41, 5.74) is 0. The Hall–Kier alpha value is -0.730. The van der Waals surface area contributed by atoms with Gasteiger partial charge in [-0.25, -0.2) is 9.90 Å². The van der Waals surface area contributed by atoms with E-state index in [-0.39, 0.29) is 0 Å². The van der Waals surface area contributed by atoms with E-state index in [0.29, 0.717) is 6.54 Å². The summed E-state index contributed by atoms with van der Waals surface area (Å²) in [7, 11) is 1.50. The summed E-state index contributed by atoms with van der Waals surface area (Å²) in [5, 5.41) is 9.90. The molecular formula is C5H10NO2. The Labute approximate surface area is 48.9 Å². The van der Waals surface area contributed by atoms with Gasteiger partial charge in [0.1, 0.15) is 0 Å². The van der Waals surface area contributed by atoms with Crippen LogP contribution in [0.25, 0.3) is 0 Å². The van der Waals surface area contributed by atoms with Gasteiger partial charge in [0.25, 0.3) is 0 Å². The summed E-state index contributed by atoms with van der Waals surface area (Å²) in [5.74, 6) is 0. The molecule has 8 heavy (non-hydrogen) atoms. The third kappa shape index (κ3) is 2.44. The van der Waals surface area contributed by atoms with Crippen LogP contribution in [0.5, 0.6) is 0 Å². The Morgan fingerprint density at radius 3 is 2.25 bits per heavy atom. The third-order valence-corrected chi connectivity index (χ3v) is 0.871. The average Bonchev–Trinajstić information content (AvgIpc) is 1.67. The number of nitrogens with zero attached hydrogens (tertiary/aromatic N) is 1. The molecule has 0 fully saturated rings. The van der Waals surface area contributed by atoms with Crippen molar-refractivity contribution in [3.63, 3.8) is 0 Å². The van der Waals surface area contributed by atoms with Crippen LogP contribution in [-0.2, 0) is 5.11 Å². The molecule has 0 aliphatic carbocycles. The van der Waals surface area contributed by atoms with Crippen molar-refractivity contribution in [2.75, 3.05) is 13.6 Å². The van der Waals surface area contributed by atoms with E-state index in [1.54, 1.807) is 0 Å². The topological polar surface area (TPSA) is 40.2 Å². The largest absolute Gasteiger partial charge is 0.452 e. The smallest absolute Gasteiger partial charge is 0.308 e. The summed E-state index contributed by atoms with van der Waals surface area (Å²) in [4.78, 5) is 11.1. The molecule has 0 aromatic carbocycles. The lowest BCUT2D eigenvalue weighted by atomic mass is 10.5. The maximum Gasteiger partial charge on any atom is 0.452 e. The van der Waals surface area contributed by atoms with Gasteiger partial charge in [0.15, 0.2) is 0 Å². The minimum absolute atomic E-state index is 0.558. The second kappa shape index (κ2) is 3.29. The first kappa shape index (κ1) is 7.27. The van der Waals surface area contributed by atoms with Gasteiger partial charge >= 0.3 is 6.09 Å². The van der Waals surface area contributed by atoms with Crippen molar-refractivity contribution in [2.45, 2.75) is 13.3 Å². The van der Waals surface area contributed by atoms with Crippen LogP contribution in [0, 0.1) is 0 Å². The van der Waals surface area contributed by atoms with Crippen molar-refractivity contribution < 1.29 is 9.90 Å². The molecule has 47 valence electrons. The van der Waals surface area contributed by atoms with Crippen molar-refractivity contribution in [1.82, 2.24) is 4.90 Å². The van der Waals surface area contributed by atoms with Gasteiger partial charge < -0.3 is 4.90 Å². The summed E-state index contributed by atoms with van der Waals surface area (Å²) < 4.78 is 0. The maximum absolute atomic E-state index is 9.90. The van der Waals surface area contributed by atoms with E-state index < -0.39 is 6.09 Å². The van der Waals surface area contributed by atoms with Crippen LogP contribution in [0.15, 0.2) is 0 Å². The van der Waals surface area contributed by atoms with Crippen LogP contribution < -0.4 is 0 Å². The molecule has 0 atom stereocenters. The van der Waals surface area contributed by atoms with E-state index in [9.17, 15) is 9.90 Å². The summed E-state index contributed by atoms with van der Waals surface area (Å²) in [6.45, 7) is 2.47. The number of amides is 1.